The van der Waals surface area contributed by atoms with Crippen molar-refractivity contribution < 1.29 is 14.7 Å². The number of carbonyl (C=O) groups excluding carboxylic acids is 1. The van der Waals surface area contributed by atoms with E-state index in [1.165, 1.54) is 0 Å². The molecule has 19 heavy (non-hydrogen) atoms. The highest BCUT2D eigenvalue weighted by atomic mass is 16.4. The van der Waals surface area contributed by atoms with Gasteiger partial charge in [0.05, 0.1) is 6.42 Å². The molecule has 0 bridgehead atoms. The van der Waals surface area contributed by atoms with Gasteiger partial charge in [-0.05, 0) is 31.4 Å². The van der Waals surface area contributed by atoms with Crippen molar-refractivity contribution in [2.45, 2.75) is 39.2 Å². The minimum Gasteiger partial charge on any atom is -0.481 e. The van der Waals surface area contributed by atoms with Gasteiger partial charge in [-0.15, -0.1) is 0 Å². The van der Waals surface area contributed by atoms with Crippen LogP contribution in [0.3, 0.4) is 0 Å². The summed E-state index contributed by atoms with van der Waals surface area (Å²) in [5.74, 6) is -0.832. The van der Waals surface area contributed by atoms with Crippen molar-refractivity contribution in [1.29, 1.82) is 0 Å². The van der Waals surface area contributed by atoms with Crippen LogP contribution in [0.5, 0.6) is 0 Å². The van der Waals surface area contributed by atoms with Crippen LogP contribution in [-0.4, -0.2) is 22.5 Å². The largest absolute Gasteiger partial charge is 0.481 e. The highest BCUT2D eigenvalue weighted by Crippen LogP contribution is 2.21. The van der Waals surface area contributed by atoms with Gasteiger partial charge in [0.25, 0.3) is 5.91 Å². The maximum absolute atomic E-state index is 12.1. The Hall–Kier alpha value is -1.84. The molecule has 0 saturated heterocycles. The highest BCUT2D eigenvalue weighted by Gasteiger charge is 2.30. The summed E-state index contributed by atoms with van der Waals surface area (Å²) >= 11 is 0. The van der Waals surface area contributed by atoms with Crippen LogP contribution in [0, 0.1) is 5.92 Å². The average Bonchev–Trinajstić information content (AvgIpc) is 2.27. The van der Waals surface area contributed by atoms with Crippen LogP contribution in [0.15, 0.2) is 30.3 Å². The Labute approximate surface area is 113 Å². The molecule has 0 spiro atoms. The Morgan fingerprint density at radius 1 is 1.26 bits per heavy atom. The second kappa shape index (κ2) is 6.36. The molecule has 4 heteroatoms. The molecule has 0 aliphatic heterocycles. The Morgan fingerprint density at radius 3 is 2.32 bits per heavy atom. The molecule has 2 N–H and O–H groups in total. The van der Waals surface area contributed by atoms with Gasteiger partial charge in [-0.25, -0.2) is 0 Å². The van der Waals surface area contributed by atoms with Crippen LogP contribution in [0.25, 0.3) is 0 Å². The molecule has 0 aliphatic carbocycles. The molecule has 1 aromatic carbocycles. The van der Waals surface area contributed by atoms with E-state index in [1.54, 1.807) is 31.2 Å². The predicted octanol–water partition coefficient (Wildman–Crippen LogP) is 2.70. The molecule has 1 amide bonds. The van der Waals surface area contributed by atoms with Crippen LogP contribution in [0.2, 0.25) is 0 Å². The monoisotopic (exact) mass is 263 g/mol. The number of carboxylic acid groups (broad SMARTS) is 1. The summed E-state index contributed by atoms with van der Waals surface area (Å²) in [6, 6.07) is 8.83. The molecule has 0 aliphatic rings. The second-order valence-corrected chi connectivity index (χ2v) is 5.55. The lowest BCUT2D eigenvalue weighted by atomic mass is 9.87. The molecule has 1 aromatic rings. The zero-order valence-corrected chi connectivity index (χ0v) is 11.6. The Kier molecular flexibility index (Phi) is 5.10. The van der Waals surface area contributed by atoms with Crippen LogP contribution in [-0.2, 0) is 4.79 Å². The van der Waals surface area contributed by atoms with E-state index in [1.807, 2.05) is 19.9 Å². The summed E-state index contributed by atoms with van der Waals surface area (Å²) in [5.41, 5.74) is -0.185. The molecule has 4 nitrogen and oxygen atoms in total. The van der Waals surface area contributed by atoms with E-state index in [0.29, 0.717) is 17.9 Å². The van der Waals surface area contributed by atoms with Gasteiger partial charge in [0.1, 0.15) is 0 Å². The molecule has 1 atom stereocenters. The van der Waals surface area contributed by atoms with Crippen LogP contribution >= 0.6 is 0 Å². The SMILES string of the molecule is CC(C)CC(C)(CC(=O)O)NC(=O)c1ccccc1. The van der Waals surface area contributed by atoms with Crippen molar-refractivity contribution in [3.63, 3.8) is 0 Å². The Balaban J connectivity index is 2.83. The zero-order valence-electron chi connectivity index (χ0n) is 11.6. The molecule has 1 unspecified atom stereocenters. The molecular formula is C15H21NO3. The maximum Gasteiger partial charge on any atom is 0.305 e. The molecule has 104 valence electrons. The van der Waals surface area contributed by atoms with Crippen molar-refractivity contribution in [2.24, 2.45) is 5.92 Å². The van der Waals surface area contributed by atoms with E-state index in [4.69, 9.17) is 5.11 Å². The number of amides is 1. The van der Waals surface area contributed by atoms with Gasteiger partial charge < -0.3 is 10.4 Å². The van der Waals surface area contributed by atoms with Gasteiger partial charge in [-0.2, -0.15) is 0 Å². The first kappa shape index (κ1) is 15.2. The summed E-state index contributed by atoms with van der Waals surface area (Å²) in [6.07, 6.45) is 0.543. The number of hydrogen-bond acceptors (Lipinski definition) is 2. The quantitative estimate of drug-likeness (QED) is 0.829. The van der Waals surface area contributed by atoms with Crippen LogP contribution < -0.4 is 5.32 Å². The highest BCUT2D eigenvalue weighted by molar-refractivity contribution is 5.94. The number of rotatable bonds is 6. The lowest BCUT2D eigenvalue weighted by Crippen LogP contribution is -2.48. The number of carbonyl (C=O) groups is 2. The summed E-state index contributed by atoms with van der Waals surface area (Å²) in [5, 5.41) is 11.8. The van der Waals surface area contributed by atoms with Gasteiger partial charge in [-0.1, -0.05) is 32.0 Å². The second-order valence-electron chi connectivity index (χ2n) is 5.55. The molecular weight excluding hydrogens is 242 g/mol. The van der Waals surface area contributed by atoms with Crippen molar-refractivity contribution in [3.8, 4) is 0 Å². The smallest absolute Gasteiger partial charge is 0.305 e. The average molecular weight is 263 g/mol. The first-order chi connectivity index (χ1) is 8.82. The topological polar surface area (TPSA) is 66.4 Å². The zero-order chi connectivity index (χ0) is 14.5. The fourth-order valence-corrected chi connectivity index (χ4v) is 2.34. The third kappa shape index (κ3) is 5.12. The van der Waals surface area contributed by atoms with Crippen LogP contribution in [0.1, 0.15) is 44.0 Å². The lowest BCUT2D eigenvalue weighted by Gasteiger charge is -2.31. The summed E-state index contributed by atoms with van der Waals surface area (Å²) < 4.78 is 0. The number of benzene rings is 1. The van der Waals surface area contributed by atoms with Gasteiger partial charge >= 0.3 is 5.97 Å². The number of nitrogens with one attached hydrogen (secondary N) is 1. The normalized spacial score (nSPS) is 13.9. The Bertz CT molecular complexity index is 442. The van der Waals surface area contributed by atoms with E-state index in [-0.39, 0.29) is 12.3 Å². The summed E-state index contributed by atoms with van der Waals surface area (Å²) in [4.78, 5) is 23.1. The molecule has 0 saturated carbocycles. The summed E-state index contributed by atoms with van der Waals surface area (Å²) in [6.45, 7) is 5.80. The van der Waals surface area contributed by atoms with E-state index < -0.39 is 11.5 Å². The molecule has 0 fully saturated rings. The third-order valence-corrected chi connectivity index (χ3v) is 2.85. The van der Waals surface area contributed by atoms with Crippen molar-refractivity contribution in [2.75, 3.05) is 0 Å². The van der Waals surface area contributed by atoms with Gasteiger partial charge in [-0.3, -0.25) is 9.59 Å². The van der Waals surface area contributed by atoms with Crippen molar-refractivity contribution >= 4 is 11.9 Å². The third-order valence-electron chi connectivity index (χ3n) is 2.85. The van der Waals surface area contributed by atoms with Gasteiger partial charge in [0.2, 0.25) is 0 Å². The molecule has 1 rings (SSSR count). The van der Waals surface area contributed by atoms with Crippen molar-refractivity contribution in [3.05, 3.63) is 35.9 Å². The molecule has 0 heterocycles. The maximum atomic E-state index is 12.1. The first-order valence-corrected chi connectivity index (χ1v) is 6.42. The number of hydrogen-bond donors (Lipinski definition) is 2. The fourth-order valence-electron chi connectivity index (χ4n) is 2.34. The minimum absolute atomic E-state index is 0.0796. The fraction of sp³-hybridized carbons (Fsp3) is 0.467. The molecule has 0 aromatic heterocycles. The lowest BCUT2D eigenvalue weighted by molar-refractivity contribution is -0.138. The number of aliphatic carboxylic acids is 1. The van der Waals surface area contributed by atoms with Crippen LogP contribution in [0.4, 0.5) is 0 Å². The Morgan fingerprint density at radius 2 is 1.84 bits per heavy atom. The standard InChI is InChI=1S/C15H21NO3/c1-11(2)9-15(3,10-13(17)18)16-14(19)12-7-5-4-6-8-12/h4-8,11H,9-10H2,1-3H3,(H,16,19)(H,17,18). The van der Waals surface area contributed by atoms with E-state index in [2.05, 4.69) is 5.32 Å². The van der Waals surface area contributed by atoms with E-state index in [9.17, 15) is 9.59 Å². The van der Waals surface area contributed by atoms with Gasteiger partial charge in [0.15, 0.2) is 0 Å². The summed E-state index contributed by atoms with van der Waals surface area (Å²) in [7, 11) is 0. The number of carboxylic acids is 1. The van der Waals surface area contributed by atoms with E-state index in [0.717, 1.165) is 0 Å². The van der Waals surface area contributed by atoms with Gasteiger partial charge in [0, 0.05) is 11.1 Å². The molecule has 0 radical (unpaired) electrons. The van der Waals surface area contributed by atoms with E-state index >= 15 is 0 Å². The predicted molar refractivity (Wildman–Crippen MR) is 74.0 cm³/mol. The minimum atomic E-state index is -0.906. The first-order valence-electron chi connectivity index (χ1n) is 6.42. The van der Waals surface area contributed by atoms with Crippen molar-refractivity contribution in [1.82, 2.24) is 5.32 Å².